The summed E-state index contributed by atoms with van der Waals surface area (Å²) in [6, 6.07) is 6.30. The third-order valence-corrected chi connectivity index (χ3v) is 5.75. The van der Waals surface area contributed by atoms with E-state index in [0.29, 0.717) is 22.2 Å². The van der Waals surface area contributed by atoms with Crippen molar-refractivity contribution >= 4 is 40.1 Å². The second-order valence-electron chi connectivity index (χ2n) is 8.13. The third kappa shape index (κ3) is 4.22. The molecule has 1 aliphatic rings. The van der Waals surface area contributed by atoms with Gasteiger partial charge in [0, 0.05) is 12.6 Å². The van der Waals surface area contributed by atoms with Crippen LogP contribution >= 0.6 is 11.6 Å². The fourth-order valence-corrected chi connectivity index (χ4v) is 4.07. The van der Waals surface area contributed by atoms with Gasteiger partial charge in [-0.15, -0.1) is 0 Å². The van der Waals surface area contributed by atoms with Crippen molar-refractivity contribution in [1.29, 1.82) is 0 Å². The van der Waals surface area contributed by atoms with Crippen LogP contribution in [0.4, 0.5) is 20.4 Å². The molecule has 0 unspecified atom stereocenters. The normalized spacial score (nSPS) is 15.8. The molecule has 4 rings (SSSR count). The van der Waals surface area contributed by atoms with Crippen LogP contribution in [0.5, 0.6) is 0 Å². The minimum atomic E-state index is -2.80. The highest BCUT2D eigenvalue weighted by molar-refractivity contribution is 6.29. The lowest BCUT2D eigenvalue weighted by atomic mass is 10.0. The van der Waals surface area contributed by atoms with Gasteiger partial charge in [0.05, 0.1) is 42.8 Å². The first-order chi connectivity index (χ1) is 15.5. The number of nitrogens with zero attached hydrogens (tertiary/aromatic N) is 4. The van der Waals surface area contributed by atoms with Crippen LogP contribution in [0, 0.1) is 6.92 Å². The number of carbonyl (C=O) groups excluding carboxylic acids is 1. The van der Waals surface area contributed by atoms with Gasteiger partial charge in [0.2, 0.25) is 5.95 Å². The van der Waals surface area contributed by atoms with E-state index in [1.807, 2.05) is 19.9 Å². The van der Waals surface area contributed by atoms with E-state index in [-0.39, 0.29) is 22.4 Å². The number of halogens is 3. The van der Waals surface area contributed by atoms with Crippen molar-refractivity contribution in [3.63, 3.8) is 0 Å². The minimum absolute atomic E-state index is 0.0150. The van der Waals surface area contributed by atoms with E-state index < -0.39 is 31.0 Å². The van der Waals surface area contributed by atoms with Crippen LogP contribution in [0.3, 0.4) is 0 Å². The topological polar surface area (TPSA) is 89.3 Å². The molecule has 1 saturated heterocycles. The molecular weight excluding hydrogens is 456 g/mol. The maximum absolute atomic E-state index is 13.5. The van der Waals surface area contributed by atoms with Crippen molar-refractivity contribution in [2.24, 2.45) is 7.05 Å². The number of methoxy groups -OCH3 is 1. The van der Waals surface area contributed by atoms with Gasteiger partial charge < -0.3 is 15.0 Å². The van der Waals surface area contributed by atoms with Crippen molar-refractivity contribution in [3.8, 4) is 0 Å². The molecule has 2 aromatic heterocycles. The number of nitrogens with one attached hydrogen (secondary N) is 1. The highest BCUT2D eigenvalue weighted by Gasteiger charge is 2.45. The summed E-state index contributed by atoms with van der Waals surface area (Å²) >= 11 is 5.94. The molecule has 3 aromatic rings. The number of esters is 1. The second-order valence-corrected chi connectivity index (χ2v) is 8.51. The quantitative estimate of drug-likeness (QED) is 0.442. The number of carbonyl (C=O) groups is 1. The number of ether oxygens (including phenoxy) is 1. The summed E-state index contributed by atoms with van der Waals surface area (Å²) in [5, 5.41) is 3.72. The molecule has 11 heteroatoms. The van der Waals surface area contributed by atoms with Gasteiger partial charge in [-0.25, -0.2) is 23.5 Å². The van der Waals surface area contributed by atoms with Crippen molar-refractivity contribution in [2.45, 2.75) is 25.8 Å². The number of aromatic nitrogens is 3. The van der Waals surface area contributed by atoms with Crippen molar-refractivity contribution in [2.75, 3.05) is 30.4 Å². The first-order valence-corrected chi connectivity index (χ1v) is 10.5. The van der Waals surface area contributed by atoms with E-state index >= 15 is 0 Å². The minimum Gasteiger partial charge on any atom is -0.464 e. The molecule has 174 valence electrons. The molecule has 1 aliphatic heterocycles. The first kappa shape index (κ1) is 22.9. The summed E-state index contributed by atoms with van der Waals surface area (Å²) in [6.45, 7) is 2.70. The van der Waals surface area contributed by atoms with Crippen LogP contribution < -0.4 is 15.8 Å². The molecule has 0 saturated carbocycles. The van der Waals surface area contributed by atoms with Crippen LogP contribution in [-0.4, -0.2) is 46.6 Å². The summed E-state index contributed by atoms with van der Waals surface area (Å²) in [4.78, 5) is 35.2. The van der Waals surface area contributed by atoms with E-state index in [1.54, 1.807) is 12.1 Å². The predicted octanol–water partition coefficient (Wildman–Crippen LogP) is 3.71. The number of hydrogen-bond acceptors (Lipinski definition) is 7. The lowest BCUT2D eigenvalue weighted by molar-refractivity contribution is -0.0275. The van der Waals surface area contributed by atoms with Gasteiger partial charge in [-0.3, -0.25) is 9.36 Å². The average molecular weight is 478 g/mol. The summed E-state index contributed by atoms with van der Waals surface area (Å²) < 4.78 is 33.0. The van der Waals surface area contributed by atoms with Crippen LogP contribution in [0.2, 0.25) is 5.15 Å². The third-order valence-electron chi connectivity index (χ3n) is 5.54. The van der Waals surface area contributed by atoms with Crippen molar-refractivity contribution < 1.29 is 18.3 Å². The van der Waals surface area contributed by atoms with Gasteiger partial charge >= 0.3 is 5.97 Å². The Bertz CT molecular complexity index is 1320. The number of rotatable bonds is 5. The number of alkyl halides is 2. The van der Waals surface area contributed by atoms with Gasteiger partial charge in [0.1, 0.15) is 5.15 Å². The Kier molecular flexibility index (Phi) is 5.73. The highest BCUT2D eigenvalue weighted by Crippen LogP contribution is 2.33. The molecule has 33 heavy (non-hydrogen) atoms. The molecule has 1 N–H and O–H groups in total. The Morgan fingerprint density at radius 1 is 1.27 bits per heavy atom. The lowest BCUT2D eigenvalue weighted by Crippen LogP contribution is -2.57. The number of pyridine rings is 1. The van der Waals surface area contributed by atoms with Crippen molar-refractivity contribution in [1.82, 2.24) is 14.5 Å². The predicted molar refractivity (Wildman–Crippen MR) is 122 cm³/mol. The molecule has 0 spiro atoms. The number of aryl methyl sites for hydroxylation is 1. The Morgan fingerprint density at radius 2 is 1.97 bits per heavy atom. The molecule has 0 bridgehead atoms. The molecule has 8 nitrogen and oxygen atoms in total. The SMILES string of the molecule is COC(=O)c1nc(Cl)ccc1N[C@H](C)c1cc(C)cc2c(=O)n(C)c(N3CC(F)(F)C3)nc12. The van der Waals surface area contributed by atoms with E-state index in [9.17, 15) is 18.4 Å². The Hall–Kier alpha value is -3.27. The van der Waals surface area contributed by atoms with Crippen LogP contribution in [-0.2, 0) is 11.8 Å². The molecule has 0 amide bonds. The molecule has 1 atom stereocenters. The molecule has 3 heterocycles. The number of anilines is 2. The number of benzene rings is 1. The van der Waals surface area contributed by atoms with Crippen LogP contribution in [0.25, 0.3) is 10.9 Å². The maximum Gasteiger partial charge on any atom is 0.358 e. The van der Waals surface area contributed by atoms with E-state index in [2.05, 4.69) is 15.3 Å². The molecule has 0 radical (unpaired) electrons. The Labute approximate surface area is 193 Å². The molecule has 1 fully saturated rings. The lowest BCUT2D eigenvalue weighted by Gasteiger charge is -2.40. The first-order valence-electron chi connectivity index (χ1n) is 10.2. The van der Waals surface area contributed by atoms with E-state index in [0.717, 1.165) is 5.56 Å². The monoisotopic (exact) mass is 477 g/mol. The van der Waals surface area contributed by atoms with Gasteiger partial charge in [0.25, 0.3) is 11.5 Å². The summed E-state index contributed by atoms with van der Waals surface area (Å²) in [5.74, 6) is -3.28. The van der Waals surface area contributed by atoms with Crippen molar-refractivity contribution in [3.05, 3.63) is 56.6 Å². The summed E-state index contributed by atoms with van der Waals surface area (Å²) in [5.41, 5.74) is 1.97. The largest absolute Gasteiger partial charge is 0.464 e. The Morgan fingerprint density at radius 3 is 2.61 bits per heavy atom. The fourth-order valence-electron chi connectivity index (χ4n) is 3.92. The number of fused-ring (bicyclic) bond motifs is 1. The van der Waals surface area contributed by atoms with Crippen LogP contribution in [0.1, 0.15) is 34.6 Å². The van der Waals surface area contributed by atoms with Crippen LogP contribution in [0.15, 0.2) is 29.1 Å². The highest BCUT2D eigenvalue weighted by atomic mass is 35.5. The zero-order valence-electron chi connectivity index (χ0n) is 18.4. The van der Waals surface area contributed by atoms with Gasteiger partial charge in [-0.05, 0) is 37.6 Å². The smallest absolute Gasteiger partial charge is 0.358 e. The zero-order valence-corrected chi connectivity index (χ0v) is 19.2. The van der Waals surface area contributed by atoms with Gasteiger partial charge in [0.15, 0.2) is 5.69 Å². The Balaban J connectivity index is 1.80. The molecule has 0 aliphatic carbocycles. The summed E-state index contributed by atoms with van der Waals surface area (Å²) in [6.07, 6.45) is 0. The van der Waals surface area contributed by atoms with Gasteiger partial charge in [-0.1, -0.05) is 17.7 Å². The number of hydrogen-bond donors (Lipinski definition) is 1. The molecule has 1 aromatic carbocycles. The van der Waals surface area contributed by atoms with E-state index in [1.165, 1.54) is 29.7 Å². The molecular formula is C22H22ClF2N5O3. The van der Waals surface area contributed by atoms with Gasteiger partial charge in [-0.2, -0.15) is 0 Å². The second kappa shape index (κ2) is 8.26. The zero-order chi connectivity index (χ0) is 24.1. The maximum atomic E-state index is 13.5. The summed E-state index contributed by atoms with van der Waals surface area (Å²) in [7, 11) is 2.76. The van der Waals surface area contributed by atoms with E-state index in [4.69, 9.17) is 16.3 Å². The average Bonchev–Trinajstić information content (AvgIpc) is 2.75. The standard InChI is InChI=1S/C22H22ClF2N5O3/c1-11-7-13(12(2)26-15-5-6-16(23)27-18(15)20(32)33-4)17-14(8-11)19(31)29(3)21(28-17)30-9-22(24,25)10-30/h5-8,12,26H,9-10H2,1-4H3/t12-/m1/s1. The fraction of sp³-hybridized carbons (Fsp3) is 0.364.